The summed E-state index contributed by atoms with van der Waals surface area (Å²) in [5.74, 6) is 1.51. The van der Waals surface area contributed by atoms with Gasteiger partial charge in [-0.25, -0.2) is 23.1 Å². The maximum Gasteiger partial charge on any atom is 0.209 e. The third kappa shape index (κ3) is 5.28. The molecule has 1 heterocycles. The number of rotatable bonds is 5. The lowest BCUT2D eigenvalue weighted by Gasteiger charge is -2.25. The van der Waals surface area contributed by atoms with Crippen LogP contribution in [0.5, 0.6) is 0 Å². The molecule has 8 heteroatoms. The Kier molecular flexibility index (Phi) is 4.12. The fraction of sp³-hybridized carbons (Fsp3) is 0.600. The van der Waals surface area contributed by atoms with Crippen LogP contribution in [0.4, 0.5) is 11.6 Å². The fourth-order valence-electron chi connectivity index (χ4n) is 1.53. The van der Waals surface area contributed by atoms with Crippen molar-refractivity contribution in [1.82, 2.24) is 14.7 Å². The summed E-state index contributed by atoms with van der Waals surface area (Å²) in [5.41, 5.74) is 4.97. The normalized spacial score (nSPS) is 12.4. The average molecular weight is 273 g/mol. The number of aromatic nitrogens is 2. The van der Waals surface area contributed by atoms with Gasteiger partial charge in [0.1, 0.15) is 17.5 Å². The number of nitrogen functional groups attached to an aromatic ring is 1. The molecule has 0 aromatic carbocycles. The Morgan fingerprint density at radius 3 is 2.50 bits per heavy atom. The van der Waals surface area contributed by atoms with Crippen molar-refractivity contribution in [3.05, 3.63) is 11.9 Å². The number of nitrogens with two attached hydrogens (primary N) is 1. The molecular weight excluding hydrogens is 254 g/mol. The van der Waals surface area contributed by atoms with Crippen molar-refractivity contribution in [2.45, 2.75) is 26.3 Å². The molecular formula is C10H19N5O2S. The lowest BCUT2D eigenvalue weighted by Crippen LogP contribution is -2.47. The second-order valence-electron chi connectivity index (χ2n) is 4.84. The van der Waals surface area contributed by atoms with Crippen molar-refractivity contribution in [3.63, 3.8) is 0 Å². The van der Waals surface area contributed by atoms with Crippen LogP contribution in [0, 0.1) is 6.92 Å². The van der Waals surface area contributed by atoms with Crippen LogP contribution in [-0.2, 0) is 10.0 Å². The maximum absolute atomic E-state index is 11.2. The van der Waals surface area contributed by atoms with Gasteiger partial charge in [-0.2, -0.15) is 0 Å². The van der Waals surface area contributed by atoms with E-state index in [2.05, 4.69) is 20.0 Å². The molecule has 0 fully saturated rings. The fourth-order valence-corrected chi connectivity index (χ4v) is 2.61. The largest absolute Gasteiger partial charge is 0.384 e. The zero-order chi connectivity index (χ0) is 14.0. The molecule has 0 radical (unpaired) electrons. The predicted molar refractivity (Wildman–Crippen MR) is 71.7 cm³/mol. The highest BCUT2D eigenvalue weighted by atomic mass is 32.2. The van der Waals surface area contributed by atoms with Crippen LogP contribution in [-0.4, -0.2) is 36.7 Å². The van der Waals surface area contributed by atoms with Gasteiger partial charge in [0, 0.05) is 18.2 Å². The maximum atomic E-state index is 11.2. The van der Waals surface area contributed by atoms with E-state index in [1.165, 1.54) is 0 Å². The van der Waals surface area contributed by atoms with E-state index in [1.807, 2.05) is 0 Å². The molecule has 0 saturated carbocycles. The average Bonchev–Trinajstić information content (AvgIpc) is 2.09. The van der Waals surface area contributed by atoms with Gasteiger partial charge in [-0.15, -0.1) is 0 Å². The standard InChI is InChI=1S/C10H19N5O2S/c1-7-13-8(11)5-9(14-7)12-6-10(2,3)15-18(4,16)17/h5,15H,6H2,1-4H3,(H3,11,12,13,14). The zero-order valence-corrected chi connectivity index (χ0v) is 11.8. The minimum Gasteiger partial charge on any atom is -0.384 e. The Labute approximate surface area is 107 Å². The molecule has 0 atom stereocenters. The molecule has 1 aromatic rings. The molecule has 102 valence electrons. The molecule has 0 spiro atoms. The molecule has 18 heavy (non-hydrogen) atoms. The molecule has 0 aliphatic heterocycles. The summed E-state index contributed by atoms with van der Waals surface area (Å²) in [6.07, 6.45) is 1.13. The summed E-state index contributed by atoms with van der Waals surface area (Å²) < 4.78 is 24.9. The van der Waals surface area contributed by atoms with Gasteiger partial charge < -0.3 is 11.1 Å². The number of hydrogen-bond donors (Lipinski definition) is 3. The third-order valence-electron chi connectivity index (χ3n) is 2.03. The van der Waals surface area contributed by atoms with Crippen molar-refractivity contribution in [2.24, 2.45) is 0 Å². The van der Waals surface area contributed by atoms with Crippen LogP contribution >= 0.6 is 0 Å². The summed E-state index contributed by atoms with van der Waals surface area (Å²) in [6, 6.07) is 1.60. The quantitative estimate of drug-likeness (QED) is 0.702. The molecule has 0 aliphatic carbocycles. The van der Waals surface area contributed by atoms with Gasteiger partial charge in [0.2, 0.25) is 10.0 Å². The molecule has 0 aliphatic rings. The van der Waals surface area contributed by atoms with Crippen molar-refractivity contribution in [1.29, 1.82) is 0 Å². The number of nitrogens with zero attached hydrogens (tertiary/aromatic N) is 2. The molecule has 0 amide bonds. The molecule has 4 N–H and O–H groups in total. The van der Waals surface area contributed by atoms with Crippen LogP contribution in [0.15, 0.2) is 6.07 Å². The first-order chi connectivity index (χ1) is 8.07. The number of nitrogens with one attached hydrogen (secondary N) is 2. The minimum atomic E-state index is -3.25. The van der Waals surface area contributed by atoms with E-state index in [0.717, 1.165) is 6.26 Å². The van der Waals surface area contributed by atoms with Crippen molar-refractivity contribution >= 4 is 21.7 Å². The molecule has 1 aromatic heterocycles. The smallest absolute Gasteiger partial charge is 0.209 e. The summed E-state index contributed by atoms with van der Waals surface area (Å²) in [5, 5.41) is 3.03. The van der Waals surface area contributed by atoms with E-state index >= 15 is 0 Å². The Hall–Kier alpha value is -1.41. The first-order valence-electron chi connectivity index (χ1n) is 5.41. The predicted octanol–water partition coefficient (Wildman–Crippen LogP) is 0.107. The summed E-state index contributed by atoms with van der Waals surface area (Å²) >= 11 is 0. The second-order valence-corrected chi connectivity index (χ2v) is 6.59. The Morgan fingerprint density at radius 1 is 1.39 bits per heavy atom. The molecule has 7 nitrogen and oxygen atoms in total. The van der Waals surface area contributed by atoms with Crippen LogP contribution in [0.1, 0.15) is 19.7 Å². The highest BCUT2D eigenvalue weighted by molar-refractivity contribution is 7.88. The highest BCUT2D eigenvalue weighted by Crippen LogP contribution is 2.10. The van der Waals surface area contributed by atoms with E-state index in [1.54, 1.807) is 26.8 Å². The van der Waals surface area contributed by atoms with E-state index < -0.39 is 15.6 Å². The zero-order valence-electron chi connectivity index (χ0n) is 11.0. The monoisotopic (exact) mass is 273 g/mol. The van der Waals surface area contributed by atoms with Crippen molar-refractivity contribution in [2.75, 3.05) is 23.9 Å². The Balaban J connectivity index is 2.69. The molecule has 1 rings (SSSR count). The van der Waals surface area contributed by atoms with Gasteiger partial charge >= 0.3 is 0 Å². The third-order valence-corrected chi connectivity index (χ3v) is 2.95. The van der Waals surface area contributed by atoms with Crippen LogP contribution in [0.3, 0.4) is 0 Å². The second kappa shape index (κ2) is 5.07. The van der Waals surface area contributed by atoms with Gasteiger partial charge in [-0.05, 0) is 20.8 Å². The summed E-state index contributed by atoms with van der Waals surface area (Å²) in [4.78, 5) is 8.11. The topological polar surface area (TPSA) is 110 Å². The number of hydrogen-bond acceptors (Lipinski definition) is 6. The van der Waals surface area contributed by atoms with Crippen LogP contribution < -0.4 is 15.8 Å². The van der Waals surface area contributed by atoms with Crippen molar-refractivity contribution in [3.8, 4) is 0 Å². The minimum absolute atomic E-state index is 0.374. The van der Waals surface area contributed by atoms with E-state index in [-0.39, 0.29) is 0 Å². The summed E-state index contributed by atoms with van der Waals surface area (Å²) in [6.45, 7) is 5.67. The summed E-state index contributed by atoms with van der Waals surface area (Å²) in [7, 11) is -3.25. The van der Waals surface area contributed by atoms with Gasteiger partial charge in [0.05, 0.1) is 6.26 Å². The van der Waals surface area contributed by atoms with E-state index in [4.69, 9.17) is 5.73 Å². The highest BCUT2D eigenvalue weighted by Gasteiger charge is 2.21. The Morgan fingerprint density at radius 2 is 2.00 bits per heavy atom. The molecule has 0 saturated heterocycles. The molecule has 0 bridgehead atoms. The molecule has 0 unspecified atom stereocenters. The van der Waals surface area contributed by atoms with Gasteiger partial charge in [-0.1, -0.05) is 0 Å². The van der Waals surface area contributed by atoms with Crippen LogP contribution in [0.2, 0.25) is 0 Å². The lowest BCUT2D eigenvalue weighted by atomic mass is 10.1. The first kappa shape index (κ1) is 14.7. The van der Waals surface area contributed by atoms with Gasteiger partial charge in [-0.3, -0.25) is 0 Å². The van der Waals surface area contributed by atoms with Crippen LogP contribution in [0.25, 0.3) is 0 Å². The van der Waals surface area contributed by atoms with E-state index in [0.29, 0.717) is 24.0 Å². The lowest BCUT2D eigenvalue weighted by molar-refractivity contribution is 0.476. The number of aryl methyl sites for hydroxylation is 1. The van der Waals surface area contributed by atoms with Gasteiger partial charge in [0.15, 0.2) is 0 Å². The van der Waals surface area contributed by atoms with E-state index in [9.17, 15) is 8.42 Å². The number of sulfonamides is 1. The van der Waals surface area contributed by atoms with Crippen molar-refractivity contribution < 1.29 is 8.42 Å². The SMILES string of the molecule is Cc1nc(N)cc(NCC(C)(C)NS(C)(=O)=O)n1. The van der Waals surface area contributed by atoms with Gasteiger partial charge in [0.25, 0.3) is 0 Å². The Bertz CT molecular complexity index is 507. The first-order valence-corrected chi connectivity index (χ1v) is 7.30. The number of anilines is 2.